The molecule has 1 unspecified atom stereocenters. The van der Waals surface area contributed by atoms with Gasteiger partial charge < -0.3 is 10.4 Å². The second kappa shape index (κ2) is 10.9. The molecule has 2 saturated heterocycles. The smallest absolute Gasteiger partial charge is 0.346 e. The van der Waals surface area contributed by atoms with Crippen LogP contribution in [-0.4, -0.2) is 66.8 Å². The number of benzene rings is 2. The number of carboxylic acid groups (broad SMARTS) is 1. The number of hydrogen-bond donors (Lipinski definition) is 2. The summed E-state index contributed by atoms with van der Waals surface area (Å²) >= 11 is 1.30. The molecule has 0 spiro atoms. The van der Waals surface area contributed by atoms with Gasteiger partial charge in [-0.05, 0) is 79.9 Å². The number of rotatable bonds is 8. The molecule has 1 amide bonds. The first-order valence-corrected chi connectivity index (χ1v) is 15.0. The fourth-order valence-electron chi connectivity index (χ4n) is 5.39. The maximum atomic E-state index is 12.9. The molecule has 2 aromatic carbocycles. The Morgan fingerprint density at radius 1 is 0.973 bits per heavy atom. The van der Waals surface area contributed by atoms with Crippen LogP contribution in [0.1, 0.15) is 47.3 Å². The highest BCUT2D eigenvalue weighted by molar-refractivity contribution is 7.89. The van der Waals surface area contributed by atoms with E-state index < -0.39 is 16.0 Å². The molecule has 0 aliphatic carbocycles. The maximum Gasteiger partial charge on any atom is 0.346 e. The summed E-state index contributed by atoms with van der Waals surface area (Å²) in [5.74, 6) is -1.09. The fourth-order valence-corrected chi connectivity index (χ4v) is 7.98. The third kappa shape index (κ3) is 5.57. The summed E-state index contributed by atoms with van der Waals surface area (Å²) in [5.41, 5.74) is 1.39. The maximum absolute atomic E-state index is 12.9. The molecule has 0 radical (unpaired) electrons. The van der Waals surface area contributed by atoms with Crippen molar-refractivity contribution in [1.82, 2.24) is 9.21 Å². The number of sulfonamides is 1. The first-order chi connectivity index (χ1) is 17.8. The summed E-state index contributed by atoms with van der Waals surface area (Å²) in [6.07, 6.45) is 5.25. The molecule has 3 aromatic rings. The highest BCUT2D eigenvalue weighted by atomic mass is 32.2. The molecule has 2 aliphatic heterocycles. The number of nitrogens with zero attached hydrogens (tertiary/aromatic N) is 2. The summed E-state index contributed by atoms with van der Waals surface area (Å²) < 4.78 is 28.2. The molecule has 2 fully saturated rings. The number of likely N-dealkylation sites (tertiary alicyclic amines) is 1. The number of piperidine rings is 1. The van der Waals surface area contributed by atoms with Gasteiger partial charge in [0, 0.05) is 29.5 Å². The molecule has 1 aromatic heterocycles. The average molecular weight is 542 g/mol. The van der Waals surface area contributed by atoms with Crippen molar-refractivity contribution in [3.05, 3.63) is 59.0 Å². The Labute approximate surface area is 220 Å². The van der Waals surface area contributed by atoms with Crippen LogP contribution in [0.15, 0.2) is 53.4 Å². The molecule has 1 atom stereocenters. The number of hydrogen-bond acceptors (Lipinski definition) is 6. The predicted octanol–water partition coefficient (Wildman–Crippen LogP) is 4.42. The van der Waals surface area contributed by atoms with Crippen LogP contribution in [0.5, 0.6) is 0 Å². The van der Waals surface area contributed by atoms with E-state index in [1.54, 1.807) is 24.3 Å². The number of thiophene rings is 1. The van der Waals surface area contributed by atoms with Crippen molar-refractivity contribution >= 4 is 49.0 Å². The molecule has 8 nitrogen and oxygen atoms in total. The number of carbonyl (C=O) groups excluding carboxylic acids is 1. The summed E-state index contributed by atoms with van der Waals surface area (Å²) in [4.78, 5) is 27.5. The van der Waals surface area contributed by atoms with Crippen LogP contribution in [0.4, 0.5) is 5.69 Å². The van der Waals surface area contributed by atoms with Crippen LogP contribution in [0, 0.1) is 0 Å². The number of anilines is 1. The number of amides is 1. The van der Waals surface area contributed by atoms with Gasteiger partial charge in [-0.25, -0.2) is 13.2 Å². The van der Waals surface area contributed by atoms with Gasteiger partial charge >= 0.3 is 5.97 Å². The Kier molecular flexibility index (Phi) is 7.62. The normalized spacial score (nSPS) is 19.3. The highest BCUT2D eigenvalue weighted by Gasteiger charge is 2.30. The van der Waals surface area contributed by atoms with Crippen molar-refractivity contribution in [3.8, 4) is 0 Å². The number of carbonyl (C=O) groups is 2. The quantitative estimate of drug-likeness (QED) is 0.437. The largest absolute Gasteiger partial charge is 0.477 e. The lowest BCUT2D eigenvalue weighted by atomic mass is 10.0. The topological polar surface area (TPSA) is 107 Å². The minimum atomic E-state index is -3.51. The zero-order valence-electron chi connectivity index (χ0n) is 20.6. The number of fused-ring (bicyclic) bond motifs is 1. The lowest BCUT2D eigenvalue weighted by Gasteiger charge is -2.26. The minimum absolute atomic E-state index is 0.0823. The molecule has 5 rings (SSSR count). The first-order valence-electron chi connectivity index (χ1n) is 12.7. The van der Waals surface area contributed by atoms with Crippen LogP contribution in [0.2, 0.25) is 0 Å². The summed E-state index contributed by atoms with van der Waals surface area (Å²) in [5, 5.41) is 13.6. The average Bonchev–Trinajstić information content (AvgIpc) is 3.49. The van der Waals surface area contributed by atoms with Crippen molar-refractivity contribution < 1.29 is 23.1 Å². The van der Waals surface area contributed by atoms with E-state index >= 15 is 0 Å². The van der Waals surface area contributed by atoms with E-state index in [4.69, 9.17) is 0 Å². The van der Waals surface area contributed by atoms with Gasteiger partial charge in [-0.3, -0.25) is 9.69 Å². The fraction of sp³-hybridized carbons (Fsp3) is 0.407. The lowest BCUT2D eigenvalue weighted by molar-refractivity contribution is -0.117. The number of nitrogens with one attached hydrogen (secondary N) is 1. The minimum Gasteiger partial charge on any atom is -0.477 e. The van der Waals surface area contributed by atoms with E-state index in [1.807, 2.05) is 24.3 Å². The van der Waals surface area contributed by atoms with E-state index in [2.05, 4.69) is 10.2 Å². The monoisotopic (exact) mass is 541 g/mol. The van der Waals surface area contributed by atoms with Crippen molar-refractivity contribution in [1.29, 1.82) is 0 Å². The lowest BCUT2D eigenvalue weighted by Crippen LogP contribution is -2.38. The van der Waals surface area contributed by atoms with Gasteiger partial charge in [0.1, 0.15) is 4.88 Å². The number of carboxylic acids is 1. The van der Waals surface area contributed by atoms with Gasteiger partial charge in [-0.1, -0.05) is 24.6 Å². The zero-order valence-corrected chi connectivity index (χ0v) is 22.2. The molecule has 0 bridgehead atoms. The molecular formula is C27H31N3O5S2. The molecular weight excluding hydrogens is 510 g/mol. The molecule has 2 aliphatic rings. The van der Waals surface area contributed by atoms with E-state index in [-0.39, 0.29) is 23.4 Å². The van der Waals surface area contributed by atoms with Crippen molar-refractivity contribution in [2.75, 3.05) is 31.5 Å². The third-order valence-electron chi connectivity index (χ3n) is 7.27. The molecule has 196 valence electrons. The molecule has 10 heteroatoms. The Bertz CT molecular complexity index is 1400. The van der Waals surface area contributed by atoms with Gasteiger partial charge in [-0.2, -0.15) is 4.31 Å². The van der Waals surface area contributed by atoms with Crippen LogP contribution in [-0.2, 0) is 21.2 Å². The number of aromatic carboxylic acids is 1. The van der Waals surface area contributed by atoms with Gasteiger partial charge in [0.05, 0.1) is 11.4 Å². The Morgan fingerprint density at radius 3 is 2.43 bits per heavy atom. The Hall–Kier alpha value is -2.79. The van der Waals surface area contributed by atoms with Crippen molar-refractivity contribution in [3.63, 3.8) is 0 Å². The molecule has 2 N–H and O–H groups in total. The van der Waals surface area contributed by atoms with Gasteiger partial charge in [-0.15, -0.1) is 11.3 Å². The van der Waals surface area contributed by atoms with Gasteiger partial charge in [0.25, 0.3) is 0 Å². The van der Waals surface area contributed by atoms with Crippen LogP contribution >= 0.6 is 11.3 Å². The van der Waals surface area contributed by atoms with Crippen molar-refractivity contribution in [2.45, 2.75) is 49.5 Å². The van der Waals surface area contributed by atoms with E-state index in [1.165, 1.54) is 15.6 Å². The highest BCUT2D eigenvalue weighted by Crippen LogP contribution is 2.34. The predicted molar refractivity (Wildman–Crippen MR) is 145 cm³/mol. The van der Waals surface area contributed by atoms with Gasteiger partial charge in [0.15, 0.2) is 0 Å². The van der Waals surface area contributed by atoms with Crippen LogP contribution < -0.4 is 5.32 Å². The zero-order chi connectivity index (χ0) is 26.0. The second-order valence-corrected chi connectivity index (χ2v) is 12.7. The van der Waals surface area contributed by atoms with Crippen molar-refractivity contribution in [2.24, 2.45) is 0 Å². The standard InChI is InChI=1S/C27H31N3O5S2/c31-25(28-19-10-12-21(13-11-19)37(34,35)30-15-4-1-5-16-30)18-29-14-6-7-20(29)17-23-22-8-2-3-9-24(22)36-26(23)27(32)33/h2-3,8-13,20H,1,4-7,14-18H2,(H,28,31)(H,32,33). The first kappa shape index (κ1) is 25.8. The Morgan fingerprint density at radius 2 is 1.70 bits per heavy atom. The molecule has 0 saturated carbocycles. The Balaban J connectivity index is 1.23. The van der Waals surface area contributed by atoms with Gasteiger partial charge in [0.2, 0.25) is 15.9 Å². The SMILES string of the molecule is O=C(CN1CCCC1Cc1c(C(=O)O)sc2ccccc12)Nc1ccc(S(=O)(=O)N2CCCCC2)cc1. The van der Waals surface area contributed by atoms with E-state index in [0.29, 0.717) is 30.1 Å². The van der Waals surface area contributed by atoms with Crippen LogP contribution in [0.25, 0.3) is 10.1 Å². The summed E-state index contributed by atoms with van der Waals surface area (Å²) in [6, 6.07) is 14.2. The third-order valence-corrected chi connectivity index (χ3v) is 10.4. The molecule has 3 heterocycles. The van der Waals surface area contributed by atoms with E-state index in [9.17, 15) is 23.1 Å². The second-order valence-electron chi connectivity index (χ2n) is 9.72. The van der Waals surface area contributed by atoms with E-state index in [0.717, 1.165) is 54.3 Å². The molecule has 37 heavy (non-hydrogen) atoms. The summed E-state index contributed by atoms with van der Waals surface area (Å²) in [6.45, 7) is 2.07. The van der Waals surface area contributed by atoms with Crippen LogP contribution in [0.3, 0.4) is 0 Å². The summed E-state index contributed by atoms with van der Waals surface area (Å²) in [7, 11) is -3.51.